The van der Waals surface area contributed by atoms with Crippen molar-refractivity contribution in [2.45, 2.75) is 19.4 Å². The lowest BCUT2D eigenvalue weighted by molar-refractivity contribution is 0.330. The largest absolute Gasteiger partial charge is 0.316 e. The van der Waals surface area contributed by atoms with Gasteiger partial charge < -0.3 is 5.01 Å². The Balaban J connectivity index is 2.45. The second kappa shape index (κ2) is 1.54. The smallest absolute Gasteiger partial charge is 0.0452 e. The molecule has 0 radical (unpaired) electrons. The highest BCUT2D eigenvalue weighted by Gasteiger charge is 2.07. The van der Waals surface area contributed by atoms with Crippen LogP contribution in [0.1, 0.15) is 13.3 Å². The molecule has 0 fully saturated rings. The number of hydrogen-bond donors (Lipinski definition) is 1. The summed E-state index contributed by atoms with van der Waals surface area (Å²) < 4.78 is 0. The molecule has 2 nitrogen and oxygen atoms in total. The Morgan fingerprint density at radius 3 is 2.71 bits per heavy atom. The Labute approximate surface area is 43.6 Å². The van der Waals surface area contributed by atoms with Crippen LogP contribution in [0.3, 0.4) is 0 Å². The SMILES string of the molecule is C[C@@H]1CC=CN1N. The van der Waals surface area contributed by atoms with Gasteiger partial charge in [0, 0.05) is 12.2 Å². The summed E-state index contributed by atoms with van der Waals surface area (Å²) in [5.41, 5.74) is 0. The molecule has 2 heteroatoms. The molecular weight excluding hydrogens is 88.1 g/mol. The van der Waals surface area contributed by atoms with E-state index in [2.05, 4.69) is 13.0 Å². The molecule has 1 atom stereocenters. The third-order valence-corrected chi connectivity index (χ3v) is 1.26. The number of hydrogen-bond acceptors (Lipinski definition) is 2. The van der Waals surface area contributed by atoms with Gasteiger partial charge in [-0.15, -0.1) is 0 Å². The molecule has 0 amide bonds. The number of nitrogens with zero attached hydrogens (tertiary/aromatic N) is 1. The predicted molar refractivity (Wildman–Crippen MR) is 29.2 cm³/mol. The van der Waals surface area contributed by atoms with E-state index in [9.17, 15) is 0 Å². The minimum atomic E-state index is 0.514. The summed E-state index contributed by atoms with van der Waals surface area (Å²) in [6.45, 7) is 2.10. The summed E-state index contributed by atoms with van der Waals surface area (Å²) in [6.07, 6.45) is 5.08. The second-order valence-corrected chi connectivity index (χ2v) is 1.92. The standard InChI is InChI=1S/C5H10N2/c1-5-3-2-4-7(5)6/h2,4-5H,3,6H2,1H3/t5-/m1/s1. The van der Waals surface area contributed by atoms with E-state index in [0.717, 1.165) is 6.42 Å². The van der Waals surface area contributed by atoms with Crippen molar-refractivity contribution >= 4 is 0 Å². The molecule has 1 heterocycles. The molecule has 1 rings (SSSR count). The Morgan fingerprint density at radius 1 is 1.86 bits per heavy atom. The van der Waals surface area contributed by atoms with E-state index < -0.39 is 0 Å². The number of nitrogens with two attached hydrogens (primary N) is 1. The first-order valence-corrected chi connectivity index (χ1v) is 2.50. The normalized spacial score (nSPS) is 29.4. The molecule has 0 aromatic carbocycles. The van der Waals surface area contributed by atoms with Crippen LogP contribution in [0.25, 0.3) is 0 Å². The fourth-order valence-electron chi connectivity index (χ4n) is 0.648. The first-order chi connectivity index (χ1) is 3.30. The Hall–Kier alpha value is -0.500. The van der Waals surface area contributed by atoms with E-state index in [0.29, 0.717) is 6.04 Å². The molecule has 0 aromatic rings. The van der Waals surface area contributed by atoms with Gasteiger partial charge in [-0.3, -0.25) is 0 Å². The second-order valence-electron chi connectivity index (χ2n) is 1.92. The summed E-state index contributed by atoms with van der Waals surface area (Å²) in [5, 5.41) is 1.72. The maximum atomic E-state index is 5.42. The van der Waals surface area contributed by atoms with Crippen LogP contribution in [0.15, 0.2) is 12.3 Å². The van der Waals surface area contributed by atoms with Gasteiger partial charge in [0.1, 0.15) is 0 Å². The molecule has 2 N–H and O–H groups in total. The van der Waals surface area contributed by atoms with Crippen LogP contribution in [0, 0.1) is 0 Å². The minimum absolute atomic E-state index is 0.514. The van der Waals surface area contributed by atoms with Crippen molar-refractivity contribution in [3.8, 4) is 0 Å². The predicted octanol–water partition coefficient (Wildman–Crippen LogP) is 0.468. The van der Waals surface area contributed by atoms with Gasteiger partial charge >= 0.3 is 0 Å². The van der Waals surface area contributed by atoms with Crippen molar-refractivity contribution in [3.63, 3.8) is 0 Å². The highest BCUT2D eigenvalue weighted by Crippen LogP contribution is 2.06. The summed E-state index contributed by atoms with van der Waals surface area (Å²) in [7, 11) is 0. The van der Waals surface area contributed by atoms with Gasteiger partial charge in [0.05, 0.1) is 0 Å². The molecule has 1 aliphatic rings. The van der Waals surface area contributed by atoms with Crippen molar-refractivity contribution in [3.05, 3.63) is 12.3 Å². The maximum Gasteiger partial charge on any atom is 0.0452 e. The Kier molecular flexibility index (Phi) is 1.02. The zero-order valence-electron chi connectivity index (χ0n) is 4.46. The summed E-state index contributed by atoms with van der Waals surface area (Å²) in [6, 6.07) is 0.514. The van der Waals surface area contributed by atoms with E-state index in [1.807, 2.05) is 6.20 Å². The summed E-state index contributed by atoms with van der Waals surface area (Å²) in [4.78, 5) is 0. The lowest BCUT2D eigenvalue weighted by atomic mass is 10.3. The van der Waals surface area contributed by atoms with Crippen molar-refractivity contribution in [2.75, 3.05) is 0 Å². The number of hydrazine groups is 1. The van der Waals surface area contributed by atoms with Crippen LogP contribution >= 0.6 is 0 Å². The average Bonchev–Trinajstić information content (AvgIpc) is 1.91. The van der Waals surface area contributed by atoms with E-state index in [-0.39, 0.29) is 0 Å². The molecule has 0 aliphatic carbocycles. The van der Waals surface area contributed by atoms with E-state index >= 15 is 0 Å². The third kappa shape index (κ3) is 0.747. The zero-order chi connectivity index (χ0) is 5.28. The molecule has 0 bridgehead atoms. The highest BCUT2D eigenvalue weighted by atomic mass is 15.4. The molecule has 0 aromatic heterocycles. The Bertz CT molecular complexity index is 88.1. The van der Waals surface area contributed by atoms with Crippen LogP contribution in [-0.4, -0.2) is 11.1 Å². The minimum Gasteiger partial charge on any atom is -0.316 e. The highest BCUT2D eigenvalue weighted by molar-refractivity contribution is 4.92. The van der Waals surface area contributed by atoms with Crippen LogP contribution in [0.4, 0.5) is 0 Å². The molecule has 0 saturated heterocycles. The van der Waals surface area contributed by atoms with Crippen LogP contribution in [0.2, 0.25) is 0 Å². The third-order valence-electron chi connectivity index (χ3n) is 1.26. The van der Waals surface area contributed by atoms with Gasteiger partial charge in [0.2, 0.25) is 0 Å². The molecule has 7 heavy (non-hydrogen) atoms. The lowest BCUT2D eigenvalue weighted by Crippen LogP contribution is -2.30. The first kappa shape index (κ1) is 4.65. The molecule has 0 spiro atoms. The average molecular weight is 98.1 g/mol. The zero-order valence-corrected chi connectivity index (χ0v) is 4.46. The monoisotopic (exact) mass is 98.1 g/mol. The van der Waals surface area contributed by atoms with Crippen LogP contribution in [0.5, 0.6) is 0 Å². The van der Waals surface area contributed by atoms with E-state index in [1.54, 1.807) is 5.01 Å². The van der Waals surface area contributed by atoms with E-state index in [4.69, 9.17) is 5.84 Å². The molecule has 1 aliphatic heterocycles. The fraction of sp³-hybridized carbons (Fsp3) is 0.600. The lowest BCUT2D eigenvalue weighted by Gasteiger charge is -2.13. The van der Waals surface area contributed by atoms with Gasteiger partial charge in [-0.05, 0) is 13.3 Å². The molecule has 0 saturated carbocycles. The topological polar surface area (TPSA) is 29.3 Å². The van der Waals surface area contributed by atoms with Crippen LogP contribution in [-0.2, 0) is 0 Å². The first-order valence-electron chi connectivity index (χ1n) is 2.50. The van der Waals surface area contributed by atoms with Gasteiger partial charge in [-0.1, -0.05) is 6.08 Å². The van der Waals surface area contributed by atoms with Crippen molar-refractivity contribution < 1.29 is 0 Å². The molecule has 0 unspecified atom stereocenters. The van der Waals surface area contributed by atoms with Gasteiger partial charge in [0.25, 0.3) is 0 Å². The maximum absolute atomic E-state index is 5.42. The van der Waals surface area contributed by atoms with Crippen molar-refractivity contribution in [1.29, 1.82) is 0 Å². The van der Waals surface area contributed by atoms with E-state index in [1.165, 1.54) is 0 Å². The van der Waals surface area contributed by atoms with Gasteiger partial charge in [-0.25, -0.2) is 5.84 Å². The quantitative estimate of drug-likeness (QED) is 0.446. The van der Waals surface area contributed by atoms with Crippen molar-refractivity contribution in [1.82, 2.24) is 5.01 Å². The fourth-order valence-corrected chi connectivity index (χ4v) is 0.648. The number of rotatable bonds is 0. The molecule has 40 valence electrons. The van der Waals surface area contributed by atoms with Crippen LogP contribution < -0.4 is 5.84 Å². The van der Waals surface area contributed by atoms with Crippen molar-refractivity contribution in [2.24, 2.45) is 5.84 Å². The Morgan fingerprint density at radius 2 is 2.57 bits per heavy atom. The summed E-state index contributed by atoms with van der Waals surface area (Å²) in [5.74, 6) is 5.42. The summed E-state index contributed by atoms with van der Waals surface area (Å²) >= 11 is 0. The van der Waals surface area contributed by atoms with Gasteiger partial charge in [0.15, 0.2) is 0 Å². The van der Waals surface area contributed by atoms with Gasteiger partial charge in [-0.2, -0.15) is 0 Å². The molecular formula is C5H10N2.